The highest BCUT2D eigenvalue weighted by atomic mass is 32.1. The van der Waals surface area contributed by atoms with E-state index in [1.165, 1.54) is 17.4 Å². The third kappa shape index (κ3) is 11.5. The number of nitrogens with one attached hydrogen (secondary N) is 1. The van der Waals surface area contributed by atoms with E-state index in [4.69, 9.17) is 33.4 Å². The summed E-state index contributed by atoms with van der Waals surface area (Å²) in [5.41, 5.74) is 4.21. The van der Waals surface area contributed by atoms with E-state index in [0.29, 0.717) is 83.1 Å². The van der Waals surface area contributed by atoms with Crippen molar-refractivity contribution < 1.29 is 37.6 Å². The molecule has 52 heavy (non-hydrogen) atoms. The molecule has 3 heterocycles. The minimum Gasteiger partial charge on any atom is -0.491 e. The Bertz CT molecular complexity index is 1870. The van der Waals surface area contributed by atoms with Gasteiger partial charge in [-0.2, -0.15) is 0 Å². The highest BCUT2D eigenvalue weighted by molar-refractivity contribution is 7.22. The summed E-state index contributed by atoms with van der Waals surface area (Å²) >= 11 is 1.49. The van der Waals surface area contributed by atoms with E-state index >= 15 is 4.39 Å². The molecule has 0 atom stereocenters. The van der Waals surface area contributed by atoms with E-state index in [-0.39, 0.29) is 18.0 Å². The second kappa shape index (κ2) is 19.4. The Kier molecular flexibility index (Phi) is 13.9. The molecule has 10 nitrogen and oxygen atoms in total. The summed E-state index contributed by atoms with van der Waals surface area (Å²) in [6.45, 7) is 4.76. The van der Waals surface area contributed by atoms with E-state index < -0.39 is 5.82 Å². The monoisotopic (exact) mass is 729 g/mol. The molecule has 12 heteroatoms. The predicted octanol–water partition coefficient (Wildman–Crippen LogP) is 7.89. The zero-order chi connectivity index (χ0) is 36.0. The number of rotatable bonds is 23. The van der Waals surface area contributed by atoms with Gasteiger partial charge in [0.25, 0.3) is 0 Å². The Morgan fingerprint density at radius 3 is 2.25 bits per heavy atom. The molecule has 3 aromatic heterocycles. The highest BCUT2D eigenvalue weighted by Crippen LogP contribution is 2.39. The fourth-order valence-electron chi connectivity index (χ4n) is 5.37. The molecule has 0 unspecified atom stereocenters. The fraction of sp³-hybridized carbons (Fsp3) is 0.375. The van der Waals surface area contributed by atoms with E-state index in [9.17, 15) is 4.79 Å². The Hall–Kier alpha value is -4.46. The molecular formula is C40H44FN3O7S. The number of ether oxygens (including phenoxy) is 6. The van der Waals surface area contributed by atoms with Crippen LogP contribution in [-0.2, 0) is 36.7 Å². The molecule has 1 N–H and O–H groups in total. The van der Waals surface area contributed by atoms with Gasteiger partial charge in [-0.3, -0.25) is 14.8 Å². The smallest absolute Gasteiger partial charge is 0.166 e. The molecule has 1 aliphatic rings. The van der Waals surface area contributed by atoms with Gasteiger partial charge in [-0.25, -0.2) is 4.39 Å². The normalized spacial score (nSPS) is 12.7. The number of aromatic nitrogens is 2. The molecule has 274 valence electrons. The van der Waals surface area contributed by atoms with Crippen LogP contribution >= 0.6 is 11.3 Å². The van der Waals surface area contributed by atoms with Crippen LogP contribution in [0.15, 0.2) is 79.1 Å². The molecule has 0 spiro atoms. The van der Waals surface area contributed by atoms with Crippen molar-refractivity contribution >= 4 is 33.0 Å². The Balaban J connectivity index is 0.931. The van der Waals surface area contributed by atoms with Crippen molar-refractivity contribution in [2.75, 3.05) is 65.3 Å². The average Bonchev–Trinajstić information content (AvgIpc) is 3.86. The molecule has 1 aliphatic carbocycles. The average molecular weight is 730 g/mol. The number of carbonyl (C=O) groups excluding carboxylic acids is 1. The molecule has 5 aromatic rings. The highest BCUT2D eigenvalue weighted by Gasteiger charge is 2.24. The molecule has 0 saturated heterocycles. The largest absolute Gasteiger partial charge is 0.491 e. The van der Waals surface area contributed by atoms with Crippen molar-refractivity contribution in [2.45, 2.75) is 32.2 Å². The van der Waals surface area contributed by atoms with Crippen LogP contribution < -0.4 is 14.8 Å². The van der Waals surface area contributed by atoms with Gasteiger partial charge in [0, 0.05) is 50.6 Å². The number of methoxy groups -OCH3 is 1. The van der Waals surface area contributed by atoms with Crippen LogP contribution in [-0.4, -0.2) is 75.7 Å². The van der Waals surface area contributed by atoms with Crippen LogP contribution in [0.1, 0.15) is 30.4 Å². The zero-order valence-electron chi connectivity index (χ0n) is 29.3. The van der Waals surface area contributed by atoms with Crippen molar-refractivity contribution in [2.24, 2.45) is 5.92 Å². The van der Waals surface area contributed by atoms with E-state index in [1.807, 2.05) is 48.7 Å². The number of nitrogens with zero attached hydrogens (tertiary/aromatic N) is 2. The molecule has 1 fully saturated rings. The van der Waals surface area contributed by atoms with E-state index in [0.717, 1.165) is 50.6 Å². The topological polar surface area (TPSA) is 110 Å². The Morgan fingerprint density at radius 2 is 1.56 bits per heavy atom. The molecule has 0 bridgehead atoms. The molecule has 0 radical (unpaired) electrons. The summed E-state index contributed by atoms with van der Waals surface area (Å²) < 4.78 is 48.9. The zero-order valence-corrected chi connectivity index (χ0v) is 30.1. The van der Waals surface area contributed by atoms with Crippen LogP contribution in [0, 0.1) is 11.7 Å². The van der Waals surface area contributed by atoms with Crippen molar-refractivity contribution in [3.63, 3.8) is 0 Å². The number of halogens is 1. The number of pyridine rings is 2. The first-order valence-corrected chi connectivity index (χ1v) is 18.4. The number of anilines is 1. The van der Waals surface area contributed by atoms with Crippen molar-refractivity contribution in [1.29, 1.82) is 0 Å². The molecular weight excluding hydrogens is 686 g/mol. The van der Waals surface area contributed by atoms with Crippen LogP contribution in [0.5, 0.6) is 17.2 Å². The maximum Gasteiger partial charge on any atom is 0.166 e. The van der Waals surface area contributed by atoms with Crippen LogP contribution in [0.25, 0.3) is 20.8 Å². The lowest BCUT2D eigenvalue weighted by Crippen LogP contribution is -2.13. The van der Waals surface area contributed by atoms with Gasteiger partial charge in [-0.1, -0.05) is 12.1 Å². The van der Waals surface area contributed by atoms with Gasteiger partial charge in [-0.15, -0.1) is 11.3 Å². The first kappa shape index (κ1) is 37.3. The lowest BCUT2D eigenvalue weighted by Gasteiger charge is -2.10. The molecule has 2 aromatic carbocycles. The fourth-order valence-corrected chi connectivity index (χ4v) is 6.41. The van der Waals surface area contributed by atoms with Gasteiger partial charge >= 0.3 is 0 Å². The summed E-state index contributed by atoms with van der Waals surface area (Å²) in [4.78, 5) is 22.4. The van der Waals surface area contributed by atoms with Gasteiger partial charge < -0.3 is 33.7 Å². The van der Waals surface area contributed by atoms with Gasteiger partial charge in [0.05, 0.1) is 67.0 Å². The van der Waals surface area contributed by atoms with Crippen LogP contribution in [0.3, 0.4) is 0 Å². The van der Waals surface area contributed by atoms with E-state index in [2.05, 4.69) is 10.3 Å². The number of thiophene rings is 1. The number of carbonyl (C=O) groups is 1. The predicted molar refractivity (Wildman–Crippen MR) is 199 cm³/mol. The third-order valence-corrected chi connectivity index (χ3v) is 9.47. The van der Waals surface area contributed by atoms with Crippen molar-refractivity contribution in [1.82, 2.24) is 9.97 Å². The second-order valence-electron chi connectivity index (χ2n) is 12.5. The third-order valence-electron chi connectivity index (χ3n) is 8.31. The van der Waals surface area contributed by atoms with Crippen LogP contribution in [0.4, 0.5) is 10.1 Å². The maximum atomic E-state index is 15.0. The quantitative estimate of drug-likeness (QED) is 0.0667. The number of benzene rings is 2. The number of Topliss-reactive ketones (excluding diaryl/α,β-unsaturated/α-hetero) is 1. The number of ketones is 1. The first-order valence-electron chi connectivity index (χ1n) is 17.5. The Labute approximate surface area is 307 Å². The van der Waals surface area contributed by atoms with Gasteiger partial charge in [-0.05, 0) is 78.4 Å². The summed E-state index contributed by atoms with van der Waals surface area (Å²) in [5, 5.41) is 3.42. The van der Waals surface area contributed by atoms with Crippen LogP contribution in [0.2, 0.25) is 0 Å². The first-order chi connectivity index (χ1) is 25.5. The number of fused-ring (bicyclic) bond motifs is 1. The minimum atomic E-state index is -0.496. The number of hydrogen-bond acceptors (Lipinski definition) is 11. The van der Waals surface area contributed by atoms with Gasteiger partial charge in [0.15, 0.2) is 11.6 Å². The van der Waals surface area contributed by atoms with Crippen molar-refractivity contribution in [3.8, 4) is 27.8 Å². The summed E-state index contributed by atoms with van der Waals surface area (Å²) in [6.07, 6.45) is 6.57. The lowest BCUT2D eigenvalue weighted by atomic mass is 10.0. The number of hydrogen-bond donors (Lipinski definition) is 1. The van der Waals surface area contributed by atoms with Crippen molar-refractivity contribution in [3.05, 3.63) is 96.1 Å². The summed E-state index contributed by atoms with van der Waals surface area (Å²) in [6, 6.07) is 20.3. The minimum absolute atomic E-state index is 0.109. The summed E-state index contributed by atoms with van der Waals surface area (Å²) in [7, 11) is 1.64. The molecule has 0 aliphatic heterocycles. The van der Waals surface area contributed by atoms with Gasteiger partial charge in [0.1, 0.15) is 23.9 Å². The molecule has 1 saturated carbocycles. The molecule has 0 amide bonds. The van der Waals surface area contributed by atoms with Gasteiger partial charge in [0.2, 0.25) is 0 Å². The standard InChI is InChI=1S/C40H44FN3O7S/c1-46-14-15-47-16-17-48-18-19-49-20-21-50-33-8-6-31(7-9-33)43-26-30-4-10-35(44-27-30)39-25-36-40(52-39)38(12-13-42-36)51-37-11-5-29(24-34(37)41)23-32(45)22-28-2-3-28/h4-13,24-25,27-28,43H,2-3,14-23,26H2,1H3. The Morgan fingerprint density at radius 1 is 0.827 bits per heavy atom. The maximum absolute atomic E-state index is 15.0. The second-order valence-corrected chi connectivity index (χ2v) is 13.5. The molecule has 6 rings (SSSR count). The van der Waals surface area contributed by atoms with E-state index in [1.54, 1.807) is 31.5 Å². The summed E-state index contributed by atoms with van der Waals surface area (Å²) in [5.74, 6) is 1.57. The lowest BCUT2D eigenvalue weighted by molar-refractivity contribution is -0.118. The SMILES string of the molecule is COCCOCCOCCOCCOc1ccc(NCc2ccc(-c3cc4nccc(Oc5ccc(CC(=O)CC6CC6)cc5F)c4s3)nc2)cc1.